The molecule has 2 N–H and O–H groups in total. The van der Waals surface area contributed by atoms with Gasteiger partial charge in [-0.05, 0) is 44.9 Å². The summed E-state index contributed by atoms with van der Waals surface area (Å²) in [6, 6.07) is 0. The van der Waals surface area contributed by atoms with Crippen LogP contribution in [0.4, 0.5) is 0 Å². The van der Waals surface area contributed by atoms with Crippen LogP contribution in [0.3, 0.4) is 0 Å². The second-order valence-corrected chi connectivity index (χ2v) is 16.3. The van der Waals surface area contributed by atoms with Crippen molar-refractivity contribution in [1.29, 1.82) is 0 Å². The summed E-state index contributed by atoms with van der Waals surface area (Å²) in [6.07, 6.45) is 37.3. The second kappa shape index (κ2) is 35.1. The number of likely N-dealkylation sites (N-methyl/N-ethyl adjacent to an activating group) is 1. The molecule has 0 aliphatic heterocycles. The summed E-state index contributed by atoms with van der Waals surface area (Å²) >= 11 is 0. The van der Waals surface area contributed by atoms with Gasteiger partial charge in [0.25, 0.3) is 0 Å². The van der Waals surface area contributed by atoms with Crippen LogP contribution in [-0.4, -0.2) is 86.1 Å². The van der Waals surface area contributed by atoms with E-state index in [9.17, 15) is 24.2 Å². The number of nitrogens with zero attached hydrogens (tertiary/aromatic N) is 1. The lowest BCUT2D eigenvalue weighted by atomic mass is 10.0. The Labute approximate surface area is 329 Å². The van der Waals surface area contributed by atoms with Crippen molar-refractivity contribution in [2.24, 2.45) is 0 Å². The Hall–Kier alpha value is -2.33. The van der Waals surface area contributed by atoms with Crippen molar-refractivity contribution in [3.8, 4) is 0 Å². The lowest BCUT2D eigenvalue weighted by Crippen LogP contribution is -2.37. The first kappa shape index (κ1) is 51.7. The van der Waals surface area contributed by atoms with Gasteiger partial charge in [-0.1, -0.05) is 145 Å². The highest BCUT2D eigenvalue weighted by molar-refractivity contribution is 7.47. The zero-order valence-electron chi connectivity index (χ0n) is 34.5. The van der Waals surface area contributed by atoms with E-state index in [1.807, 2.05) is 57.6 Å². The van der Waals surface area contributed by atoms with Crippen LogP contribution in [0.5, 0.6) is 0 Å². The number of carbonyl (C=O) groups excluding carboxylic acids is 2. The molecule has 0 aliphatic rings. The summed E-state index contributed by atoms with van der Waals surface area (Å²) < 4.78 is 34.1. The monoisotopic (exact) mass is 783 g/mol. The van der Waals surface area contributed by atoms with Gasteiger partial charge in [0.1, 0.15) is 19.8 Å². The van der Waals surface area contributed by atoms with E-state index in [4.69, 9.17) is 18.5 Å². The van der Waals surface area contributed by atoms with Gasteiger partial charge in [0.15, 0.2) is 6.10 Å². The Morgan fingerprint density at radius 1 is 0.685 bits per heavy atom. The molecule has 0 amide bonds. The smallest absolute Gasteiger partial charge is 0.462 e. The van der Waals surface area contributed by atoms with E-state index >= 15 is 0 Å². The maximum Gasteiger partial charge on any atom is 0.472 e. The number of aliphatic hydroxyl groups excluding tert-OH is 1. The molecule has 10 nitrogen and oxygen atoms in total. The Kier molecular flexibility index (Phi) is 33.6. The van der Waals surface area contributed by atoms with E-state index in [2.05, 4.69) is 32.1 Å². The number of hydrogen-bond acceptors (Lipinski definition) is 8. The average Bonchev–Trinajstić information content (AvgIpc) is 3.11. The van der Waals surface area contributed by atoms with Crippen molar-refractivity contribution in [1.82, 2.24) is 0 Å². The van der Waals surface area contributed by atoms with Crippen molar-refractivity contribution >= 4 is 19.8 Å². The molecule has 312 valence electrons. The Morgan fingerprint density at radius 3 is 1.93 bits per heavy atom. The van der Waals surface area contributed by atoms with E-state index in [-0.39, 0.29) is 26.1 Å². The van der Waals surface area contributed by atoms with E-state index in [1.165, 1.54) is 51.4 Å². The molecule has 0 saturated heterocycles. The van der Waals surface area contributed by atoms with Crippen LogP contribution in [0.25, 0.3) is 0 Å². The Balaban J connectivity index is 4.56. The molecule has 0 spiro atoms. The molecular weight excluding hydrogens is 705 g/mol. The van der Waals surface area contributed by atoms with Crippen molar-refractivity contribution in [3.63, 3.8) is 0 Å². The third-order valence-corrected chi connectivity index (χ3v) is 9.38. The van der Waals surface area contributed by atoms with Gasteiger partial charge in [0.2, 0.25) is 0 Å². The predicted molar refractivity (Wildman–Crippen MR) is 221 cm³/mol. The number of phosphoric acid groups is 1. The molecule has 0 aromatic carbocycles. The molecule has 0 saturated carbocycles. The Morgan fingerprint density at radius 2 is 1.28 bits per heavy atom. The van der Waals surface area contributed by atoms with Crippen molar-refractivity contribution in [2.45, 2.75) is 154 Å². The van der Waals surface area contributed by atoms with Gasteiger partial charge in [-0.2, -0.15) is 0 Å². The first-order chi connectivity index (χ1) is 25.9. The van der Waals surface area contributed by atoms with Crippen molar-refractivity contribution < 1.29 is 47.2 Å². The standard InChI is InChI=1S/C43H76NO9P/c1-6-8-10-12-14-15-16-17-18-23-27-31-35-43(47)53-41(39-52-54(48,49)51-37-36-44(3,4)5)38-50-42(46)34-30-26-22-20-19-21-25-29-33-40(45)32-28-24-13-11-9-7-2/h9,11,20-22,24-25,28-29,33,40-41,45H,6-8,10,12-19,23,26-27,30-32,34-39H2,1-5H3/p+1/b11-9-,22-20-,25-21-,28-24-,33-29+/t40?,41-/m1/s1. The van der Waals surface area contributed by atoms with E-state index in [1.54, 1.807) is 6.08 Å². The topological polar surface area (TPSA) is 129 Å². The van der Waals surface area contributed by atoms with E-state index in [0.29, 0.717) is 36.7 Å². The zero-order valence-corrected chi connectivity index (χ0v) is 35.4. The summed E-state index contributed by atoms with van der Waals surface area (Å²) in [5.41, 5.74) is 0. The molecule has 0 bridgehead atoms. The fourth-order valence-corrected chi connectivity index (χ4v) is 5.87. The van der Waals surface area contributed by atoms with Crippen LogP contribution in [0, 0.1) is 0 Å². The molecule has 2 unspecified atom stereocenters. The predicted octanol–water partition coefficient (Wildman–Crippen LogP) is 10.3. The third kappa shape index (κ3) is 38.0. The minimum atomic E-state index is -4.40. The molecule has 54 heavy (non-hydrogen) atoms. The number of rotatable bonds is 36. The van der Waals surface area contributed by atoms with Gasteiger partial charge in [-0.25, -0.2) is 4.57 Å². The zero-order chi connectivity index (χ0) is 40.2. The van der Waals surface area contributed by atoms with Crippen LogP contribution in [0.15, 0.2) is 60.8 Å². The molecule has 0 rings (SSSR count). The first-order valence-electron chi connectivity index (χ1n) is 20.6. The van der Waals surface area contributed by atoms with Crippen LogP contribution in [0.1, 0.15) is 142 Å². The molecular formula is C43H77NO9P+. The quantitative estimate of drug-likeness (QED) is 0.0159. The van der Waals surface area contributed by atoms with Crippen LogP contribution >= 0.6 is 7.82 Å². The van der Waals surface area contributed by atoms with E-state index in [0.717, 1.165) is 38.5 Å². The largest absolute Gasteiger partial charge is 0.472 e. The van der Waals surface area contributed by atoms with Crippen molar-refractivity contribution in [2.75, 3.05) is 47.5 Å². The second-order valence-electron chi connectivity index (χ2n) is 14.8. The van der Waals surface area contributed by atoms with Crippen LogP contribution in [0.2, 0.25) is 0 Å². The van der Waals surface area contributed by atoms with Gasteiger partial charge in [0.05, 0.1) is 33.9 Å². The van der Waals surface area contributed by atoms with Crippen molar-refractivity contribution in [3.05, 3.63) is 60.8 Å². The maximum atomic E-state index is 12.6. The highest BCUT2D eigenvalue weighted by atomic mass is 31.2. The maximum absolute atomic E-state index is 12.6. The van der Waals surface area contributed by atoms with Crippen LogP contribution in [-0.2, 0) is 32.7 Å². The number of phosphoric ester groups is 1. The molecule has 3 atom stereocenters. The number of aliphatic hydroxyl groups is 1. The van der Waals surface area contributed by atoms with Gasteiger partial charge < -0.3 is 24.0 Å². The molecule has 11 heteroatoms. The van der Waals surface area contributed by atoms with Gasteiger partial charge >= 0.3 is 19.8 Å². The minimum absolute atomic E-state index is 0.0113. The summed E-state index contributed by atoms with van der Waals surface area (Å²) in [5, 5.41) is 10.0. The normalized spacial score (nSPS) is 14.9. The molecule has 0 aromatic heterocycles. The fourth-order valence-electron chi connectivity index (χ4n) is 5.13. The highest BCUT2D eigenvalue weighted by Crippen LogP contribution is 2.43. The highest BCUT2D eigenvalue weighted by Gasteiger charge is 2.27. The van der Waals surface area contributed by atoms with E-state index < -0.39 is 38.6 Å². The molecule has 0 radical (unpaired) electrons. The molecule has 0 fully saturated rings. The lowest BCUT2D eigenvalue weighted by Gasteiger charge is -2.24. The molecule has 0 aromatic rings. The SMILES string of the molecule is CC/C=C\C/C=C\CC(O)/C=C/C=C\C/C=C\CCCC(=O)OC[C@H](COP(=O)(O)OCC[N+](C)(C)C)OC(=O)CCCCCCCCCCCCCC. The number of allylic oxidation sites excluding steroid dienone is 8. The number of quaternary nitrogens is 1. The summed E-state index contributed by atoms with van der Waals surface area (Å²) in [7, 11) is 1.40. The third-order valence-electron chi connectivity index (χ3n) is 8.39. The van der Waals surface area contributed by atoms with Gasteiger partial charge in [0, 0.05) is 12.8 Å². The number of unbranched alkanes of at least 4 members (excludes halogenated alkanes) is 12. The van der Waals surface area contributed by atoms with Gasteiger partial charge in [-0.3, -0.25) is 18.6 Å². The Bertz CT molecular complexity index is 1130. The summed E-state index contributed by atoms with van der Waals surface area (Å²) in [4.78, 5) is 35.2. The lowest BCUT2D eigenvalue weighted by molar-refractivity contribution is -0.870. The average molecular weight is 783 g/mol. The summed E-state index contributed by atoms with van der Waals surface area (Å²) in [6.45, 7) is 4.12. The minimum Gasteiger partial charge on any atom is -0.462 e. The first-order valence-corrected chi connectivity index (χ1v) is 22.1. The van der Waals surface area contributed by atoms with Gasteiger partial charge in [-0.15, -0.1) is 0 Å². The number of hydrogen-bond donors (Lipinski definition) is 2. The number of carbonyl (C=O) groups is 2. The molecule has 0 aliphatic carbocycles. The number of ether oxygens (including phenoxy) is 2. The molecule has 0 heterocycles. The van der Waals surface area contributed by atoms with Crippen LogP contribution < -0.4 is 0 Å². The number of esters is 2. The fraction of sp³-hybridized carbons (Fsp3) is 0.721. The summed E-state index contributed by atoms with van der Waals surface area (Å²) in [5.74, 6) is -0.910.